The van der Waals surface area contributed by atoms with E-state index in [1.807, 2.05) is 54.6 Å². The molecule has 0 radical (unpaired) electrons. The van der Waals surface area contributed by atoms with Crippen LogP contribution in [-0.2, 0) is 0 Å². The van der Waals surface area contributed by atoms with E-state index in [1.165, 1.54) is 0 Å². The van der Waals surface area contributed by atoms with Crippen LogP contribution in [0, 0.1) is 0 Å². The van der Waals surface area contributed by atoms with Crippen molar-refractivity contribution in [3.05, 3.63) is 188 Å². The zero-order valence-corrected chi connectivity index (χ0v) is 31.1. The molecule has 9 aromatic carbocycles. The van der Waals surface area contributed by atoms with Crippen LogP contribution in [0.4, 0.5) is 0 Å². The summed E-state index contributed by atoms with van der Waals surface area (Å²) in [6.45, 7) is 0. The van der Waals surface area contributed by atoms with Crippen LogP contribution in [0.15, 0.2) is 197 Å². The molecule has 12 aromatic rings. The molecule has 3 heterocycles. The van der Waals surface area contributed by atoms with Crippen molar-refractivity contribution in [3.8, 4) is 56.4 Å². The Bertz CT molecular complexity index is 3580. The average Bonchev–Trinajstić information content (AvgIpc) is 3.87. The standard InChI is InChI=1S/C53H31N3O2/c1-2-12-33(13-3-1)37-28-29-41(40-15-5-4-14-39(37)40)52-54-51(55-53(56-52)44-19-11-23-48-50(44)43-17-7-9-21-46(43)58-48)35-27-25-32-24-26-34(30-36(32)31-35)38-18-10-22-47-49(38)42-16-6-8-20-45(42)57-47/h1-31H. The number of aromatic nitrogens is 3. The van der Waals surface area contributed by atoms with E-state index in [0.29, 0.717) is 17.5 Å². The summed E-state index contributed by atoms with van der Waals surface area (Å²) in [7, 11) is 0. The summed E-state index contributed by atoms with van der Waals surface area (Å²) in [4.78, 5) is 15.8. The van der Waals surface area contributed by atoms with E-state index in [-0.39, 0.29) is 0 Å². The molecule has 5 heteroatoms. The van der Waals surface area contributed by atoms with Crippen molar-refractivity contribution in [1.82, 2.24) is 15.0 Å². The second kappa shape index (κ2) is 12.8. The van der Waals surface area contributed by atoms with E-state index in [4.69, 9.17) is 23.8 Å². The first-order chi connectivity index (χ1) is 28.7. The highest BCUT2D eigenvalue weighted by atomic mass is 16.3. The molecule has 12 rings (SSSR count). The van der Waals surface area contributed by atoms with E-state index >= 15 is 0 Å². The summed E-state index contributed by atoms with van der Waals surface area (Å²) in [5.41, 5.74) is 10.7. The monoisotopic (exact) mass is 741 g/mol. The predicted octanol–water partition coefficient (Wildman–Crippen LogP) is 14.3. The highest BCUT2D eigenvalue weighted by Crippen LogP contribution is 2.41. The summed E-state index contributed by atoms with van der Waals surface area (Å²) in [6.07, 6.45) is 0. The fraction of sp³-hybridized carbons (Fsp3) is 0. The largest absolute Gasteiger partial charge is 0.456 e. The zero-order chi connectivity index (χ0) is 38.2. The highest BCUT2D eigenvalue weighted by Gasteiger charge is 2.20. The smallest absolute Gasteiger partial charge is 0.164 e. The van der Waals surface area contributed by atoms with Gasteiger partial charge in [-0.15, -0.1) is 0 Å². The van der Waals surface area contributed by atoms with Gasteiger partial charge in [0.2, 0.25) is 0 Å². The molecule has 5 nitrogen and oxygen atoms in total. The molecule has 0 saturated carbocycles. The first-order valence-corrected chi connectivity index (χ1v) is 19.4. The van der Waals surface area contributed by atoms with Crippen LogP contribution in [0.5, 0.6) is 0 Å². The molecular formula is C53H31N3O2. The SMILES string of the molecule is c1ccc(-c2ccc(-c3nc(-c4ccc5ccc(-c6cccc7oc8ccccc8c67)cc5c4)nc(-c4cccc5oc6ccccc6c45)n3)c3ccccc23)cc1. The molecule has 58 heavy (non-hydrogen) atoms. The lowest BCUT2D eigenvalue weighted by Gasteiger charge is -2.13. The van der Waals surface area contributed by atoms with Crippen LogP contribution in [0.3, 0.4) is 0 Å². The third kappa shape index (κ3) is 5.14. The van der Waals surface area contributed by atoms with Gasteiger partial charge in [0.25, 0.3) is 0 Å². The third-order valence-electron chi connectivity index (χ3n) is 11.3. The summed E-state index contributed by atoms with van der Waals surface area (Å²) in [5.74, 6) is 1.78. The van der Waals surface area contributed by atoms with Crippen molar-refractivity contribution in [2.45, 2.75) is 0 Å². The first kappa shape index (κ1) is 32.4. The predicted molar refractivity (Wildman–Crippen MR) is 237 cm³/mol. The van der Waals surface area contributed by atoms with Gasteiger partial charge in [0.15, 0.2) is 17.5 Å². The van der Waals surface area contributed by atoms with Crippen molar-refractivity contribution in [2.75, 3.05) is 0 Å². The Balaban J connectivity index is 1.08. The Kier molecular flexibility index (Phi) is 7.16. The van der Waals surface area contributed by atoms with Crippen LogP contribution in [-0.4, -0.2) is 15.0 Å². The Morgan fingerprint density at radius 3 is 1.48 bits per heavy atom. The summed E-state index contributed by atoms with van der Waals surface area (Å²) < 4.78 is 12.6. The van der Waals surface area contributed by atoms with Crippen molar-refractivity contribution < 1.29 is 8.83 Å². The summed E-state index contributed by atoms with van der Waals surface area (Å²) in [5, 5.41) is 8.65. The normalized spacial score (nSPS) is 11.8. The van der Waals surface area contributed by atoms with E-state index < -0.39 is 0 Å². The number of nitrogens with zero attached hydrogens (tertiary/aromatic N) is 3. The minimum absolute atomic E-state index is 0.584. The van der Waals surface area contributed by atoms with E-state index in [9.17, 15) is 0 Å². The van der Waals surface area contributed by atoms with Gasteiger partial charge in [0.1, 0.15) is 22.3 Å². The molecule has 0 bridgehead atoms. The lowest BCUT2D eigenvalue weighted by atomic mass is 9.94. The van der Waals surface area contributed by atoms with Crippen LogP contribution >= 0.6 is 0 Å². The second-order valence-electron chi connectivity index (χ2n) is 14.7. The number of para-hydroxylation sites is 2. The molecule has 0 atom stereocenters. The number of fused-ring (bicyclic) bond motifs is 8. The lowest BCUT2D eigenvalue weighted by Crippen LogP contribution is -2.01. The molecule has 3 aromatic heterocycles. The average molecular weight is 742 g/mol. The van der Waals surface area contributed by atoms with Crippen LogP contribution in [0.2, 0.25) is 0 Å². The number of rotatable bonds is 5. The minimum atomic E-state index is 0.584. The van der Waals surface area contributed by atoms with Crippen molar-refractivity contribution in [1.29, 1.82) is 0 Å². The first-order valence-electron chi connectivity index (χ1n) is 19.4. The molecule has 0 spiro atoms. The van der Waals surface area contributed by atoms with E-state index in [1.54, 1.807) is 0 Å². The topological polar surface area (TPSA) is 65.0 Å². The number of benzene rings is 9. The summed E-state index contributed by atoms with van der Waals surface area (Å²) >= 11 is 0. The Hall–Kier alpha value is -7.89. The van der Waals surface area contributed by atoms with Gasteiger partial charge in [0.05, 0.1) is 0 Å². The molecule has 0 aliphatic rings. The highest BCUT2D eigenvalue weighted by molar-refractivity contribution is 6.14. The van der Waals surface area contributed by atoms with E-state index in [2.05, 4.69) is 133 Å². The fourth-order valence-corrected chi connectivity index (χ4v) is 8.64. The van der Waals surface area contributed by atoms with Crippen LogP contribution in [0.25, 0.3) is 122 Å². The Morgan fingerprint density at radius 2 is 0.776 bits per heavy atom. The van der Waals surface area contributed by atoms with Gasteiger partial charge in [-0.25, -0.2) is 15.0 Å². The maximum absolute atomic E-state index is 6.32. The molecule has 0 aliphatic carbocycles. The van der Waals surface area contributed by atoms with Crippen molar-refractivity contribution >= 4 is 65.4 Å². The lowest BCUT2D eigenvalue weighted by molar-refractivity contribution is 0.668. The van der Waals surface area contributed by atoms with Gasteiger partial charge in [0, 0.05) is 38.2 Å². The molecule has 0 N–H and O–H groups in total. The molecule has 270 valence electrons. The zero-order valence-electron chi connectivity index (χ0n) is 31.1. The maximum Gasteiger partial charge on any atom is 0.164 e. The molecule has 0 amide bonds. The van der Waals surface area contributed by atoms with Gasteiger partial charge in [-0.1, -0.05) is 146 Å². The van der Waals surface area contributed by atoms with Gasteiger partial charge in [-0.2, -0.15) is 0 Å². The minimum Gasteiger partial charge on any atom is -0.456 e. The molecule has 0 aliphatic heterocycles. The molecule has 0 fully saturated rings. The third-order valence-corrected chi connectivity index (χ3v) is 11.3. The van der Waals surface area contributed by atoms with Crippen LogP contribution in [0.1, 0.15) is 0 Å². The number of hydrogen-bond acceptors (Lipinski definition) is 5. The molecule has 0 unspecified atom stereocenters. The van der Waals surface area contributed by atoms with Gasteiger partial charge in [-0.05, 0) is 86.3 Å². The second-order valence-corrected chi connectivity index (χ2v) is 14.7. The van der Waals surface area contributed by atoms with E-state index in [0.717, 1.165) is 104 Å². The number of hydrogen-bond donors (Lipinski definition) is 0. The maximum atomic E-state index is 6.32. The number of furan rings is 2. The van der Waals surface area contributed by atoms with Crippen molar-refractivity contribution in [2.24, 2.45) is 0 Å². The van der Waals surface area contributed by atoms with Gasteiger partial charge in [-0.3, -0.25) is 0 Å². The Morgan fingerprint density at radius 1 is 0.276 bits per heavy atom. The van der Waals surface area contributed by atoms with Gasteiger partial charge >= 0.3 is 0 Å². The van der Waals surface area contributed by atoms with Crippen LogP contribution < -0.4 is 0 Å². The Labute approximate surface area is 332 Å². The molecular weight excluding hydrogens is 711 g/mol. The van der Waals surface area contributed by atoms with Crippen molar-refractivity contribution in [3.63, 3.8) is 0 Å². The fourth-order valence-electron chi connectivity index (χ4n) is 8.64. The quantitative estimate of drug-likeness (QED) is 0.176. The molecule has 0 saturated heterocycles. The van der Waals surface area contributed by atoms with Gasteiger partial charge < -0.3 is 8.83 Å². The summed E-state index contributed by atoms with van der Waals surface area (Å²) in [6, 6.07) is 65.2.